The summed E-state index contributed by atoms with van der Waals surface area (Å²) in [7, 11) is 1.65. The van der Waals surface area contributed by atoms with Crippen molar-refractivity contribution in [3.63, 3.8) is 0 Å². The first-order chi connectivity index (χ1) is 12.9. The summed E-state index contributed by atoms with van der Waals surface area (Å²) in [5.74, 6) is 0.356. The quantitative estimate of drug-likeness (QED) is 0.581. The van der Waals surface area contributed by atoms with Gasteiger partial charge in [-0.15, -0.1) is 0 Å². The molecule has 1 atom stereocenters. The van der Waals surface area contributed by atoms with Gasteiger partial charge < -0.3 is 20.5 Å². The van der Waals surface area contributed by atoms with E-state index in [-0.39, 0.29) is 24.7 Å². The molecular weight excluding hydrogens is 346 g/mol. The molecule has 0 heterocycles. The van der Waals surface area contributed by atoms with Gasteiger partial charge in [0, 0.05) is 18.6 Å². The highest BCUT2D eigenvalue weighted by molar-refractivity contribution is 5.74. The minimum Gasteiger partial charge on any atom is -0.497 e. The lowest BCUT2D eigenvalue weighted by molar-refractivity contribution is -0.139. The number of methoxy groups -OCH3 is 1. The van der Waals surface area contributed by atoms with E-state index >= 15 is 0 Å². The molecule has 0 aromatic heterocycles. The molecule has 0 spiro atoms. The maximum absolute atomic E-state index is 12.1. The molecule has 1 unspecified atom stereocenters. The second kappa shape index (κ2) is 10.2. The molecule has 150 valence electrons. The number of nitrogens with one attached hydrogen (secondary N) is 2. The Bertz CT molecular complexity index is 614. The Labute approximate surface area is 161 Å². The van der Waals surface area contributed by atoms with Gasteiger partial charge in [-0.1, -0.05) is 26.0 Å². The standard InChI is InChI=1S/C20H31N3O4/c1-4-23(13-19(24)25)17-10-16(11-17)22-20(26)21-12-14(2)9-15-5-7-18(27-3)8-6-15/h5-8,14,16-17H,4,9-13H2,1-3H3,(H,24,25)(H2,21,22,26). The summed E-state index contributed by atoms with van der Waals surface area (Å²) < 4.78 is 5.16. The van der Waals surface area contributed by atoms with Gasteiger partial charge >= 0.3 is 12.0 Å². The summed E-state index contributed by atoms with van der Waals surface area (Å²) in [5.41, 5.74) is 1.21. The lowest BCUT2D eigenvalue weighted by Gasteiger charge is -2.42. The maximum atomic E-state index is 12.1. The number of amides is 2. The number of likely N-dealkylation sites (N-methyl/N-ethyl adjacent to an activating group) is 1. The third-order valence-corrected chi connectivity index (χ3v) is 5.06. The van der Waals surface area contributed by atoms with Gasteiger partial charge in [-0.2, -0.15) is 0 Å². The highest BCUT2D eigenvalue weighted by atomic mass is 16.5. The Morgan fingerprint density at radius 1 is 1.30 bits per heavy atom. The van der Waals surface area contributed by atoms with Gasteiger partial charge in [0.15, 0.2) is 0 Å². The molecule has 3 N–H and O–H groups in total. The van der Waals surface area contributed by atoms with Crippen molar-refractivity contribution in [3.8, 4) is 5.75 Å². The number of carbonyl (C=O) groups excluding carboxylic acids is 1. The van der Waals surface area contributed by atoms with E-state index in [2.05, 4.69) is 17.6 Å². The summed E-state index contributed by atoms with van der Waals surface area (Å²) in [6.45, 7) is 5.44. The number of carboxylic acids is 1. The van der Waals surface area contributed by atoms with Crippen molar-refractivity contribution in [2.75, 3.05) is 26.7 Å². The minimum absolute atomic E-state index is 0.0585. The van der Waals surface area contributed by atoms with Crippen LogP contribution in [-0.4, -0.2) is 60.8 Å². The van der Waals surface area contributed by atoms with Crippen molar-refractivity contribution >= 4 is 12.0 Å². The number of carbonyl (C=O) groups is 2. The van der Waals surface area contributed by atoms with E-state index in [9.17, 15) is 9.59 Å². The molecule has 7 nitrogen and oxygen atoms in total. The molecule has 0 aliphatic heterocycles. The molecule has 27 heavy (non-hydrogen) atoms. The van der Waals surface area contributed by atoms with Crippen LogP contribution in [0.1, 0.15) is 32.3 Å². The fraction of sp³-hybridized carbons (Fsp3) is 0.600. The van der Waals surface area contributed by atoms with E-state index in [1.807, 2.05) is 36.1 Å². The van der Waals surface area contributed by atoms with Crippen LogP contribution >= 0.6 is 0 Å². The highest BCUT2D eigenvalue weighted by Crippen LogP contribution is 2.25. The van der Waals surface area contributed by atoms with Crippen LogP contribution in [0.4, 0.5) is 4.79 Å². The van der Waals surface area contributed by atoms with E-state index in [4.69, 9.17) is 9.84 Å². The summed E-state index contributed by atoms with van der Waals surface area (Å²) in [4.78, 5) is 24.9. The number of hydrogen-bond acceptors (Lipinski definition) is 4. The number of urea groups is 1. The van der Waals surface area contributed by atoms with Crippen molar-refractivity contribution in [3.05, 3.63) is 29.8 Å². The van der Waals surface area contributed by atoms with Crippen LogP contribution in [0, 0.1) is 5.92 Å². The zero-order chi connectivity index (χ0) is 19.8. The molecule has 0 radical (unpaired) electrons. The van der Waals surface area contributed by atoms with Crippen molar-refractivity contribution in [2.45, 2.75) is 45.2 Å². The Kier molecular flexibility index (Phi) is 7.91. The molecule has 2 amide bonds. The lowest BCUT2D eigenvalue weighted by atomic mass is 9.85. The van der Waals surface area contributed by atoms with E-state index < -0.39 is 5.97 Å². The third-order valence-electron chi connectivity index (χ3n) is 5.06. The Balaban J connectivity index is 1.64. The Morgan fingerprint density at radius 3 is 2.52 bits per heavy atom. The smallest absolute Gasteiger partial charge is 0.317 e. The molecule has 2 rings (SSSR count). The molecule has 1 aromatic carbocycles. The van der Waals surface area contributed by atoms with Gasteiger partial charge in [-0.05, 0) is 49.4 Å². The number of aliphatic carboxylic acids is 1. The van der Waals surface area contributed by atoms with Gasteiger partial charge in [-0.25, -0.2) is 4.79 Å². The first-order valence-electron chi connectivity index (χ1n) is 9.54. The van der Waals surface area contributed by atoms with Gasteiger partial charge in [0.25, 0.3) is 0 Å². The van der Waals surface area contributed by atoms with Crippen molar-refractivity contribution < 1.29 is 19.4 Å². The zero-order valence-electron chi connectivity index (χ0n) is 16.4. The second-order valence-corrected chi connectivity index (χ2v) is 7.29. The van der Waals surface area contributed by atoms with Crippen LogP contribution in [-0.2, 0) is 11.2 Å². The normalized spacial score (nSPS) is 19.9. The number of rotatable bonds is 10. The topological polar surface area (TPSA) is 90.9 Å². The molecule has 1 aliphatic carbocycles. The predicted octanol–water partition coefficient (Wildman–Crippen LogP) is 2.11. The van der Waals surface area contributed by atoms with Gasteiger partial charge in [0.1, 0.15) is 5.75 Å². The number of ether oxygens (including phenoxy) is 1. The predicted molar refractivity (Wildman–Crippen MR) is 104 cm³/mol. The minimum atomic E-state index is -0.808. The number of nitrogens with zero attached hydrogens (tertiary/aromatic N) is 1. The fourth-order valence-electron chi connectivity index (χ4n) is 3.42. The average molecular weight is 377 g/mol. The highest BCUT2D eigenvalue weighted by Gasteiger charge is 2.34. The molecule has 1 aromatic rings. The monoisotopic (exact) mass is 377 g/mol. The third kappa shape index (κ3) is 6.75. The Hall–Kier alpha value is -2.28. The van der Waals surface area contributed by atoms with Crippen LogP contribution in [0.2, 0.25) is 0 Å². The van der Waals surface area contributed by atoms with E-state index in [0.29, 0.717) is 19.0 Å². The van der Waals surface area contributed by atoms with Crippen LogP contribution in [0.25, 0.3) is 0 Å². The molecular formula is C20H31N3O4. The van der Waals surface area contributed by atoms with Crippen LogP contribution in [0.15, 0.2) is 24.3 Å². The van der Waals surface area contributed by atoms with Crippen molar-refractivity contribution in [1.82, 2.24) is 15.5 Å². The van der Waals surface area contributed by atoms with Gasteiger partial charge in [0.2, 0.25) is 0 Å². The summed E-state index contributed by atoms with van der Waals surface area (Å²) in [5, 5.41) is 14.8. The van der Waals surface area contributed by atoms with Crippen molar-refractivity contribution in [2.24, 2.45) is 5.92 Å². The van der Waals surface area contributed by atoms with Crippen LogP contribution in [0.5, 0.6) is 5.75 Å². The fourth-order valence-corrected chi connectivity index (χ4v) is 3.42. The zero-order valence-corrected chi connectivity index (χ0v) is 16.4. The number of benzene rings is 1. The van der Waals surface area contributed by atoms with Crippen LogP contribution < -0.4 is 15.4 Å². The van der Waals surface area contributed by atoms with Crippen LogP contribution in [0.3, 0.4) is 0 Å². The SMILES string of the molecule is CCN(CC(=O)O)C1CC(NC(=O)NCC(C)Cc2ccc(OC)cc2)C1. The molecule has 0 saturated heterocycles. The second-order valence-electron chi connectivity index (χ2n) is 7.29. The number of carboxylic acid groups (broad SMARTS) is 1. The van der Waals surface area contributed by atoms with Gasteiger partial charge in [0.05, 0.1) is 13.7 Å². The summed E-state index contributed by atoms with van der Waals surface area (Å²) in [6.07, 6.45) is 2.49. The molecule has 1 saturated carbocycles. The summed E-state index contributed by atoms with van der Waals surface area (Å²) >= 11 is 0. The van der Waals surface area contributed by atoms with E-state index in [0.717, 1.165) is 25.0 Å². The molecule has 7 heteroatoms. The summed E-state index contributed by atoms with van der Waals surface area (Å²) in [6, 6.07) is 8.18. The molecule has 1 fully saturated rings. The number of hydrogen-bond donors (Lipinski definition) is 3. The average Bonchev–Trinajstić information content (AvgIpc) is 2.61. The van der Waals surface area contributed by atoms with Gasteiger partial charge in [-0.3, -0.25) is 9.69 Å². The maximum Gasteiger partial charge on any atom is 0.317 e. The molecule has 1 aliphatic rings. The first-order valence-corrected chi connectivity index (χ1v) is 9.54. The first kappa shape index (κ1) is 21.0. The van der Waals surface area contributed by atoms with E-state index in [1.54, 1.807) is 7.11 Å². The molecule has 0 bridgehead atoms. The van der Waals surface area contributed by atoms with E-state index in [1.165, 1.54) is 5.56 Å². The van der Waals surface area contributed by atoms with Crippen molar-refractivity contribution in [1.29, 1.82) is 0 Å². The Morgan fingerprint density at radius 2 is 1.96 bits per heavy atom. The lowest BCUT2D eigenvalue weighted by Crippen LogP contribution is -2.56. The largest absolute Gasteiger partial charge is 0.497 e.